The van der Waals surface area contributed by atoms with Gasteiger partial charge in [0.1, 0.15) is 0 Å². The van der Waals surface area contributed by atoms with E-state index in [0.717, 1.165) is 10.4 Å². The molecular formula is C14H21N3O6S2. The topological polar surface area (TPSA) is 115 Å². The summed E-state index contributed by atoms with van der Waals surface area (Å²) in [5.41, 5.74) is 0.325. The van der Waals surface area contributed by atoms with Crippen molar-refractivity contribution in [2.75, 3.05) is 40.3 Å². The van der Waals surface area contributed by atoms with E-state index >= 15 is 0 Å². The number of carboxylic acid groups (broad SMARTS) is 1. The molecule has 25 heavy (non-hydrogen) atoms. The second kappa shape index (κ2) is 7.00. The van der Waals surface area contributed by atoms with Crippen molar-refractivity contribution in [2.24, 2.45) is 0 Å². The number of piperazine rings is 1. The van der Waals surface area contributed by atoms with Crippen molar-refractivity contribution in [2.45, 2.75) is 11.8 Å². The first-order chi connectivity index (χ1) is 11.5. The maximum atomic E-state index is 12.8. The molecular weight excluding hydrogens is 370 g/mol. The van der Waals surface area contributed by atoms with Crippen LogP contribution in [0.1, 0.15) is 15.9 Å². The highest BCUT2D eigenvalue weighted by Crippen LogP contribution is 2.23. The van der Waals surface area contributed by atoms with Gasteiger partial charge in [0.2, 0.25) is 10.0 Å². The summed E-state index contributed by atoms with van der Waals surface area (Å²) in [5, 5.41) is 9.07. The fourth-order valence-electron chi connectivity index (χ4n) is 2.52. The predicted molar refractivity (Wildman–Crippen MR) is 91.1 cm³/mol. The van der Waals surface area contributed by atoms with Crippen LogP contribution in [0.2, 0.25) is 0 Å². The molecule has 0 amide bonds. The van der Waals surface area contributed by atoms with Crippen LogP contribution in [0.25, 0.3) is 0 Å². The zero-order valence-corrected chi connectivity index (χ0v) is 15.8. The molecule has 0 unspecified atom stereocenters. The zero-order chi connectivity index (χ0) is 19.0. The van der Waals surface area contributed by atoms with Crippen molar-refractivity contribution in [3.8, 4) is 0 Å². The van der Waals surface area contributed by atoms with Crippen LogP contribution in [0.15, 0.2) is 23.1 Å². The summed E-state index contributed by atoms with van der Waals surface area (Å²) in [6, 6.07) is 3.93. The smallest absolute Gasteiger partial charge is 0.335 e. The van der Waals surface area contributed by atoms with E-state index < -0.39 is 26.2 Å². The number of hydrogen-bond acceptors (Lipinski definition) is 5. The maximum Gasteiger partial charge on any atom is 0.335 e. The predicted octanol–water partition coefficient (Wildman–Crippen LogP) is -0.194. The first kappa shape index (κ1) is 19.8. The summed E-state index contributed by atoms with van der Waals surface area (Å²) in [6.45, 7) is 1.68. The second-order valence-electron chi connectivity index (χ2n) is 5.88. The van der Waals surface area contributed by atoms with Crippen molar-refractivity contribution < 1.29 is 26.7 Å². The summed E-state index contributed by atoms with van der Waals surface area (Å²) in [7, 11) is -4.66. The number of carbonyl (C=O) groups is 1. The molecule has 1 aromatic carbocycles. The van der Waals surface area contributed by atoms with Crippen molar-refractivity contribution in [1.82, 2.24) is 12.9 Å². The van der Waals surface area contributed by atoms with Gasteiger partial charge in [-0.1, -0.05) is 6.07 Å². The summed E-state index contributed by atoms with van der Waals surface area (Å²) in [5.74, 6) is -1.21. The van der Waals surface area contributed by atoms with Crippen LogP contribution in [0.4, 0.5) is 0 Å². The highest BCUT2D eigenvalue weighted by molar-refractivity contribution is 7.89. The van der Waals surface area contributed by atoms with Crippen molar-refractivity contribution in [1.29, 1.82) is 0 Å². The molecule has 2 rings (SSSR count). The van der Waals surface area contributed by atoms with Crippen LogP contribution in [-0.2, 0) is 20.2 Å². The third-order valence-corrected chi connectivity index (χ3v) is 8.02. The van der Waals surface area contributed by atoms with Crippen molar-refractivity contribution in [3.05, 3.63) is 29.3 Å². The first-order valence-electron chi connectivity index (χ1n) is 7.49. The summed E-state index contributed by atoms with van der Waals surface area (Å²) >= 11 is 0. The van der Waals surface area contributed by atoms with E-state index in [4.69, 9.17) is 5.11 Å². The normalized spacial score (nSPS) is 17.8. The van der Waals surface area contributed by atoms with E-state index in [9.17, 15) is 21.6 Å². The van der Waals surface area contributed by atoms with E-state index in [1.165, 1.54) is 34.8 Å². The van der Waals surface area contributed by atoms with E-state index in [2.05, 4.69) is 0 Å². The Balaban J connectivity index is 2.26. The Hall–Kier alpha value is -1.53. The molecule has 0 spiro atoms. The number of nitrogens with zero attached hydrogens (tertiary/aromatic N) is 3. The largest absolute Gasteiger partial charge is 0.478 e. The molecule has 11 heteroatoms. The van der Waals surface area contributed by atoms with Gasteiger partial charge in [-0.2, -0.15) is 21.3 Å². The van der Waals surface area contributed by atoms with Crippen LogP contribution in [0.3, 0.4) is 0 Å². The van der Waals surface area contributed by atoms with Gasteiger partial charge in [-0.15, -0.1) is 0 Å². The van der Waals surface area contributed by atoms with Crippen LogP contribution >= 0.6 is 0 Å². The molecule has 140 valence electrons. The monoisotopic (exact) mass is 391 g/mol. The molecule has 1 heterocycles. The van der Waals surface area contributed by atoms with E-state index in [1.807, 2.05) is 0 Å². The molecule has 1 aromatic rings. The zero-order valence-electron chi connectivity index (χ0n) is 14.2. The van der Waals surface area contributed by atoms with Crippen molar-refractivity contribution >= 4 is 26.2 Å². The average molecular weight is 391 g/mol. The number of aromatic carboxylic acids is 1. The summed E-state index contributed by atoms with van der Waals surface area (Å²) in [4.78, 5) is 11.0. The molecule has 9 nitrogen and oxygen atoms in total. The molecule has 1 N–H and O–H groups in total. The summed E-state index contributed by atoms with van der Waals surface area (Å²) in [6.07, 6.45) is 0. The van der Waals surface area contributed by atoms with Crippen LogP contribution in [0, 0.1) is 6.92 Å². The van der Waals surface area contributed by atoms with E-state index in [1.54, 1.807) is 6.92 Å². The third kappa shape index (κ3) is 3.85. The molecule has 1 aliphatic heterocycles. The first-order valence-corrected chi connectivity index (χ1v) is 10.3. The maximum absolute atomic E-state index is 12.8. The highest BCUT2D eigenvalue weighted by Gasteiger charge is 2.34. The van der Waals surface area contributed by atoms with E-state index in [-0.39, 0.29) is 36.6 Å². The van der Waals surface area contributed by atoms with Gasteiger partial charge >= 0.3 is 5.97 Å². The Kier molecular flexibility index (Phi) is 5.54. The lowest BCUT2D eigenvalue weighted by Gasteiger charge is -2.34. The molecule has 0 aromatic heterocycles. The minimum Gasteiger partial charge on any atom is -0.478 e. The fraction of sp³-hybridized carbons (Fsp3) is 0.500. The van der Waals surface area contributed by atoms with Gasteiger partial charge in [0, 0.05) is 40.3 Å². The Bertz CT molecular complexity index is 872. The Morgan fingerprint density at radius 3 is 2.04 bits per heavy atom. The van der Waals surface area contributed by atoms with Gasteiger partial charge in [-0.3, -0.25) is 0 Å². The Labute approximate surface area is 147 Å². The van der Waals surface area contributed by atoms with E-state index in [0.29, 0.717) is 5.56 Å². The van der Waals surface area contributed by atoms with Gasteiger partial charge in [-0.05, 0) is 24.6 Å². The van der Waals surface area contributed by atoms with Gasteiger partial charge < -0.3 is 5.11 Å². The molecule has 0 bridgehead atoms. The number of carboxylic acids is 1. The molecule has 0 atom stereocenters. The quantitative estimate of drug-likeness (QED) is 0.744. The molecule has 0 radical (unpaired) electrons. The van der Waals surface area contributed by atoms with Crippen LogP contribution < -0.4 is 0 Å². The molecule has 1 saturated heterocycles. The standard InChI is InChI=1S/C14H21N3O6S2/c1-11-4-5-12(14(18)19)10-13(11)24(20,21)16-6-8-17(9-7-16)25(22,23)15(2)3/h4-5,10H,6-9H2,1-3H3,(H,18,19). The number of sulfonamides is 1. The lowest BCUT2D eigenvalue weighted by molar-refractivity contribution is 0.0696. The molecule has 0 aliphatic carbocycles. The highest BCUT2D eigenvalue weighted by atomic mass is 32.2. The van der Waals surface area contributed by atoms with Gasteiger partial charge in [0.15, 0.2) is 0 Å². The van der Waals surface area contributed by atoms with Crippen molar-refractivity contribution in [3.63, 3.8) is 0 Å². The Morgan fingerprint density at radius 1 is 1.04 bits per heavy atom. The van der Waals surface area contributed by atoms with Gasteiger partial charge in [-0.25, -0.2) is 13.2 Å². The van der Waals surface area contributed by atoms with Gasteiger partial charge in [0.25, 0.3) is 10.2 Å². The lowest BCUT2D eigenvalue weighted by atomic mass is 10.1. The third-order valence-electron chi connectivity index (χ3n) is 4.04. The number of hydrogen-bond donors (Lipinski definition) is 1. The number of benzene rings is 1. The minimum atomic E-state index is -3.90. The average Bonchev–Trinajstić information content (AvgIpc) is 2.54. The summed E-state index contributed by atoms with van der Waals surface area (Å²) < 4.78 is 53.3. The second-order valence-corrected chi connectivity index (χ2v) is 9.93. The van der Waals surface area contributed by atoms with Crippen LogP contribution in [0.5, 0.6) is 0 Å². The lowest BCUT2D eigenvalue weighted by Crippen LogP contribution is -2.53. The van der Waals surface area contributed by atoms with Gasteiger partial charge in [0.05, 0.1) is 10.5 Å². The molecule has 0 saturated carbocycles. The SMILES string of the molecule is Cc1ccc(C(=O)O)cc1S(=O)(=O)N1CCN(S(=O)(=O)N(C)C)CC1. The fourth-order valence-corrected chi connectivity index (χ4v) is 5.28. The Morgan fingerprint density at radius 2 is 1.56 bits per heavy atom. The van der Waals surface area contributed by atoms with Crippen LogP contribution in [-0.4, -0.2) is 81.1 Å². The molecule has 1 fully saturated rings. The number of aryl methyl sites for hydroxylation is 1. The minimum absolute atomic E-state index is 0.00609. The number of rotatable bonds is 5. The molecule has 1 aliphatic rings.